The second-order valence-corrected chi connectivity index (χ2v) is 5.33. The second-order valence-electron chi connectivity index (χ2n) is 4.41. The van der Waals surface area contributed by atoms with E-state index in [4.69, 9.17) is 0 Å². The molecule has 0 bridgehead atoms. The van der Waals surface area contributed by atoms with E-state index in [0.29, 0.717) is 5.56 Å². The van der Waals surface area contributed by atoms with E-state index in [1.165, 1.54) is 24.3 Å². The van der Waals surface area contributed by atoms with Gasteiger partial charge < -0.3 is 5.11 Å². The number of benzene rings is 2. The van der Waals surface area contributed by atoms with Crippen molar-refractivity contribution < 1.29 is 10.0 Å². The number of hydrogen-bond donors (Lipinski definition) is 1. The molecule has 2 aromatic rings. The number of nitro benzene ring substituents is 1. The van der Waals surface area contributed by atoms with Crippen molar-refractivity contribution in [3.8, 4) is 0 Å². The van der Waals surface area contributed by atoms with Crippen molar-refractivity contribution in [3.05, 3.63) is 74.2 Å². The number of nitrogens with zero attached hydrogens (tertiary/aromatic N) is 2. The van der Waals surface area contributed by atoms with Gasteiger partial charge >= 0.3 is 0 Å². The Morgan fingerprint density at radius 2 is 1.81 bits per heavy atom. The Kier molecular flexibility index (Phi) is 5.19. The lowest BCUT2D eigenvalue weighted by molar-refractivity contribution is -0.384. The monoisotopic (exact) mass is 348 g/mol. The number of hydrogen-bond acceptors (Lipinski definition) is 4. The summed E-state index contributed by atoms with van der Waals surface area (Å²) in [5, 5.41) is 20.5. The largest absolute Gasteiger partial charge is 0.386 e. The molecular weight excluding hydrogens is 336 g/mol. The Labute approximate surface area is 130 Å². The minimum Gasteiger partial charge on any atom is -0.386 e. The quantitative estimate of drug-likeness (QED) is 0.510. The highest BCUT2D eigenvalue weighted by Gasteiger charge is 2.09. The Morgan fingerprint density at radius 3 is 2.38 bits per heavy atom. The predicted molar refractivity (Wildman–Crippen MR) is 84.7 cm³/mol. The summed E-state index contributed by atoms with van der Waals surface area (Å²) in [5.41, 5.74) is 1.55. The van der Waals surface area contributed by atoms with Gasteiger partial charge in [-0.15, -0.1) is 0 Å². The lowest BCUT2D eigenvalue weighted by Crippen LogP contribution is -2.02. The molecule has 2 aromatic carbocycles. The van der Waals surface area contributed by atoms with Gasteiger partial charge in [0.15, 0.2) is 0 Å². The zero-order valence-corrected chi connectivity index (χ0v) is 12.6. The molecule has 0 fully saturated rings. The summed E-state index contributed by atoms with van der Waals surface area (Å²) in [6.07, 6.45) is 0.902. The maximum Gasteiger partial charge on any atom is 0.269 e. The Hall–Kier alpha value is -2.05. The molecule has 0 aliphatic carbocycles. The van der Waals surface area contributed by atoms with Crippen molar-refractivity contribution in [2.75, 3.05) is 6.54 Å². The molecule has 1 unspecified atom stereocenters. The van der Waals surface area contributed by atoms with Crippen LogP contribution in [0.5, 0.6) is 0 Å². The van der Waals surface area contributed by atoms with E-state index in [0.717, 1.165) is 10.0 Å². The van der Waals surface area contributed by atoms with Crippen LogP contribution in [0, 0.1) is 10.1 Å². The van der Waals surface area contributed by atoms with E-state index in [1.54, 1.807) is 6.21 Å². The normalized spacial score (nSPS) is 12.5. The van der Waals surface area contributed by atoms with Gasteiger partial charge in [-0.1, -0.05) is 28.1 Å². The standard InChI is InChI=1S/C15H13BrN2O3/c16-13-5-1-11(2-6-13)9-17-10-15(19)12-3-7-14(8-4-12)18(20)21/h1-9,15,19H,10H2. The van der Waals surface area contributed by atoms with Gasteiger partial charge in [0.05, 0.1) is 17.6 Å². The van der Waals surface area contributed by atoms with Crippen molar-refractivity contribution in [3.63, 3.8) is 0 Å². The third-order valence-corrected chi connectivity index (χ3v) is 3.41. The van der Waals surface area contributed by atoms with Crippen LogP contribution in [0.3, 0.4) is 0 Å². The molecule has 5 nitrogen and oxygen atoms in total. The number of non-ortho nitro benzene ring substituents is 1. The van der Waals surface area contributed by atoms with Crippen LogP contribution < -0.4 is 0 Å². The summed E-state index contributed by atoms with van der Waals surface area (Å²) in [6, 6.07) is 13.5. The van der Waals surface area contributed by atoms with Gasteiger partial charge in [0.1, 0.15) is 0 Å². The number of halogens is 1. The van der Waals surface area contributed by atoms with Crippen LogP contribution in [0.15, 0.2) is 58.0 Å². The van der Waals surface area contributed by atoms with Gasteiger partial charge in [0, 0.05) is 22.8 Å². The van der Waals surface area contributed by atoms with E-state index < -0.39 is 11.0 Å². The van der Waals surface area contributed by atoms with Crippen molar-refractivity contribution >= 4 is 27.8 Å². The van der Waals surface area contributed by atoms with Gasteiger partial charge in [-0.2, -0.15) is 0 Å². The first-order chi connectivity index (χ1) is 10.1. The molecule has 0 aromatic heterocycles. The van der Waals surface area contributed by atoms with Crippen LogP contribution in [0.4, 0.5) is 5.69 Å². The molecule has 108 valence electrons. The number of aliphatic hydroxyl groups is 1. The molecule has 0 amide bonds. The Balaban J connectivity index is 1.96. The third-order valence-electron chi connectivity index (χ3n) is 2.88. The molecular formula is C15H13BrN2O3. The van der Waals surface area contributed by atoms with E-state index >= 15 is 0 Å². The summed E-state index contributed by atoms with van der Waals surface area (Å²) in [5.74, 6) is 0. The molecule has 0 radical (unpaired) electrons. The molecule has 0 saturated heterocycles. The minimum atomic E-state index is -0.780. The van der Waals surface area contributed by atoms with Gasteiger partial charge in [-0.3, -0.25) is 15.1 Å². The molecule has 1 atom stereocenters. The summed E-state index contributed by atoms with van der Waals surface area (Å²) in [6.45, 7) is 0.202. The first kappa shape index (κ1) is 15.3. The lowest BCUT2D eigenvalue weighted by atomic mass is 10.1. The number of rotatable bonds is 5. The smallest absolute Gasteiger partial charge is 0.269 e. The molecule has 0 saturated carbocycles. The van der Waals surface area contributed by atoms with Crippen LogP contribution in [-0.2, 0) is 0 Å². The van der Waals surface area contributed by atoms with Crippen molar-refractivity contribution in [2.45, 2.75) is 6.10 Å². The molecule has 1 N–H and O–H groups in total. The van der Waals surface area contributed by atoms with Crippen LogP contribution in [0.1, 0.15) is 17.2 Å². The molecule has 0 aliphatic heterocycles. The van der Waals surface area contributed by atoms with Gasteiger partial charge in [-0.25, -0.2) is 0 Å². The predicted octanol–water partition coefficient (Wildman–Crippen LogP) is 3.51. The first-order valence-corrected chi connectivity index (χ1v) is 7.03. The summed E-state index contributed by atoms with van der Waals surface area (Å²) in [7, 11) is 0. The van der Waals surface area contributed by atoms with Crippen molar-refractivity contribution in [2.24, 2.45) is 4.99 Å². The number of nitro groups is 1. The van der Waals surface area contributed by atoms with Crippen molar-refractivity contribution in [1.29, 1.82) is 0 Å². The highest BCUT2D eigenvalue weighted by atomic mass is 79.9. The highest BCUT2D eigenvalue weighted by Crippen LogP contribution is 2.18. The van der Waals surface area contributed by atoms with E-state index in [2.05, 4.69) is 20.9 Å². The zero-order valence-electron chi connectivity index (χ0n) is 11.0. The zero-order chi connectivity index (χ0) is 15.2. The van der Waals surface area contributed by atoms with E-state index in [1.807, 2.05) is 24.3 Å². The molecule has 0 spiro atoms. The third kappa shape index (κ3) is 4.47. The molecule has 2 rings (SSSR count). The van der Waals surface area contributed by atoms with E-state index in [-0.39, 0.29) is 12.2 Å². The van der Waals surface area contributed by atoms with Crippen molar-refractivity contribution in [1.82, 2.24) is 0 Å². The Morgan fingerprint density at radius 1 is 1.19 bits per heavy atom. The van der Waals surface area contributed by atoms with Crippen LogP contribution in [0.2, 0.25) is 0 Å². The topological polar surface area (TPSA) is 75.7 Å². The first-order valence-electron chi connectivity index (χ1n) is 6.24. The molecule has 6 heteroatoms. The Bertz CT molecular complexity index is 639. The maximum atomic E-state index is 10.6. The minimum absolute atomic E-state index is 0.00399. The maximum absolute atomic E-state index is 10.6. The van der Waals surface area contributed by atoms with Crippen LogP contribution >= 0.6 is 15.9 Å². The molecule has 0 aliphatic rings. The molecule has 0 heterocycles. The van der Waals surface area contributed by atoms with Gasteiger partial charge in [0.2, 0.25) is 0 Å². The average Bonchev–Trinajstić information content (AvgIpc) is 2.49. The number of aliphatic imine (C=N–C) groups is 1. The highest BCUT2D eigenvalue weighted by molar-refractivity contribution is 9.10. The molecule has 21 heavy (non-hydrogen) atoms. The van der Waals surface area contributed by atoms with Gasteiger partial charge in [0.25, 0.3) is 5.69 Å². The van der Waals surface area contributed by atoms with Gasteiger partial charge in [-0.05, 0) is 35.4 Å². The van der Waals surface area contributed by atoms with Crippen LogP contribution in [0.25, 0.3) is 0 Å². The SMILES string of the molecule is O=[N+]([O-])c1ccc(C(O)CN=Cc2ccc(Br)cc2)cc1. The lowest BCUT2D eigenvalue weighted by Gasteiger charge is -2.07. The van der Waals surface area contributed by atoms with Crippen LogP contribution in [-0.4, -0.2) is 22.8 Å². The average molecular weight is 349 g/mol. The summed E-state index contributed by atoms with van der Waals surface area (Å²) < 4.78 is 0.991. The summed E-state index contributed by atoms with van der Waals surface area (Å²) in [4.78, 5) is 14.3. The van der Waals surface area contributed by atoms with E-state index in [9.17, 15) is 15.2 Å². The number of aliphatic hydroxyl groups excluding tert-OH is 1. The fourth-order valence-electron chi connectivity index (χ4n) is 1.73. The fraction of sp³-hybridized carbons (Fsp3) is 0.133. The summed E-state index contributed by atoms with van der Waals surface area (Å²) >= 11 is 3.35. The fourth-order valence-corrected chi connectivity index (χ4v) is 1.99. The second kappa shape index (κ2) is 7.10.